The van der Waals surface area contributed by atoms with Gasteiger partial charge in [0, 0.05) is 30.4 Å². The zero-order valence-corrected chi connectivity index (χ0v) is 15.6. The Balaban J connectivity index is 1.73. The third kappa shape index (κ3) is 3.85. The largest absolute Gasteiger partial charge is 0.459 e. The molecule has 3 rings (SSSR count). The lowest BCUT2D eigenvalue weighted by atomic mass is 9.99. The Hall–Kier alpha value is -2.92. The smallest absolute Gasteiger partial charge is 0.333 e. The second kappa shape index (κ2) is 7.98. The summed E-state index contributed by atoms with van der Waals surface area (Å²) in [5.74, 6) is -1.28. The molecule has 2 saturated heterocycles. The molecule has 3 atom stereocenters. The molecule has 1 aromatic carbocycles. The van der Waals surface area contributed by atoms with Crippen molar-refractivity contribution in [3.05, 3.63) is 51.8 Å². The van der Waals surface area contributed by atoms with Crippen molar-refractivity contribution in [1.29, 1.82) is 0 Å². The van der Waals surface area contributed by atoms with Crippen LogP contribution in [0.15, 0.2) is 36.1 Å². The zero-order chi connectivity index (χ0) is 20.4. The molecule has 0 saturated carbocycles. The predicted molar refractivity (Wildman–Crippen MR) is 97.6 cm³/mol. The Labute approximate surface area is 163 Å². The molecule has 2 aliphatic rings. The first-order valence-electron chi connectivity index (χ1n) is 8.25. The van der Waals surface area contributed by atoms with Crippen molar-refractivity contribution >= 4 is 35.3 Å². The van der Waals surface area contributed by atoms with Crippen molar-refractivity contribution in [2.45, 2.75) is 31.0 Å². The van der Waals surface area contributed by atoms with Crippen molar-refractivity contribution in [2.24, 2.45) is 5.73 Å². The minimum absolute atomic E-state index is 0.0750. The number of ether oxygens (including phenoxy) is 2. The van der Waals surface area contributed by atoms with Gasteiger partial charge in [-0.15, -0.1) is 11.8 Å². The number of nitro benzene ring substituents is 1. The van der Waals surface area contributed by atoms with E-state index >= 15 is 0 Å². The summed E-state index contributed by atoms with van der Waals surface area (Å²) in [6, 6.07) is 3.85. The first kappa shape index (κ1) is 19.8. The summed E-state index contributed by atoms with van der Waals surface area (Å²) in [7, 11) is 0. The van der Waals surface area contributed by atoms with E-state index in [1.165, 1.54) is 54.1 Å². The monoisotopic (exact) mass is 407 g/mol. The highest BCUT2D eigenvalue weighted by Gasteiger charge is 2.55. The minimum Gasteiger partial charge on any atom is -0.459 e. The quantitative estimate of drug-likeness (QED) is 0.245. The SMILES string of the molecule is CC(=O)OC=C1CS[C@H]2C(N)C(=O)N2C1C(=O)OCc1ccc([N+](=O)[O-])cc1. The molecule has 11 heteroatoms. The van der Waals surface area contributed by atoms with E-state index in [1.807, 2.05) is 0 Å². The van der Waals surface area contributed by atoms with E-state index in [0.29, 0.717) is 16.9 Å². The number of rotatable bonds is 5. The van der Waals surface area contributed by atoms with Gasteiger partial charge >= 0.3 is 11.9 Å². The predicted octanol–water partition coefficient (Wildman–Crippen LogP) is 0.696. The summed E-state index contributed by atoms with van der Waals surface area (Å²) in [5.41, 5.74) is 6.69. The number of non-ortho nitro benzene ring substituents is 1. The summed E-state index contributed by atoms with van der Waals surface area (Å²) < 4.78 is 10.2. The summed E-state index contributed by atoms with van der Waals surface area (Å²) in [6.07, 6.45) is 1.17. The molecule has 0 aromatic heterocycles. The standard InChI is InChI=1S/C17H17N3O7S/c1-9(21)26-7-11-8-28-16-13(18)15(22)19(16)14(11)17(23)27-6-10-2-4-12(5-3-10)20(24)25/h2-5,7,13-14,16H,6,8,18H2,1H3/t13?,14?,16-/m0/s1. The number of β-lactam (4-membered cyclic amide) rings is 1. The highest BCUT2D eigenvalue weighted by molar-refractivity contribution is 8.00. The van der Waals surface area contributed by atoms with Crippen molar-refractivity contribution in [1.82, 2.24) is 4.90 Å². The third-order valence-electron chi connectivity index (χ3n) is 4.30. The maximum Gasteiger partial charge on any atom is 0.333 e. The molecule has 2 heterocycles. The number of hydrogen-bond acceptors (Lipinski definition) is 9. The molecule has 2 fully saturated rings. The van der Waals surface area contributed by atoms with Crippen LogP contribution in [0.2, 0.25) is 0 Å². The Morgan fingerprint density at radius 3 is 2.68 bits per heavy atom. The van der Waals surface area contributed by atoms with Crippen LogP contribution in [-0.2, 0) is 30.5 Å². The molecule has 1 aromatic rings. The van der Waals surface area contributed by atoms with E-state index in [2.05, 4.69) is 0 Å². The van der Waals surface area contributed by atoms with E-state index in [1.54, 1.807) is 0 Å². The van der Waals surface area contributed by atoms with E-state index < -0.39 is 28.9 Å². The summed E-state index contributed by atoms with van der Waals surface area (Å²) in [4.78, 5) is 47.4. The summed E-state index contributed by atoms with van der Waals surface area (Å²) >= 11 is 1.37. The lowest BCUT2D eigenvalue weighted by molar-refractivity contribution is -0.384. The molecule has 28 heavy (non-hydrogen) atoms. The van der Waals surface area contributed by atoms with Crippen LogP contribution >= 0.6 is 11.8 Å². The van der Waals surface area contributed by atoms with Gasteiger partial charge in [-0.25, -0.2) is 4.79 Å². The van der Waals surface area contributed by atoms with Crippen LogP contribution in [-0.4, -0.2) is 50.9 Å². The average Bonchev–Trinajstić information content (AvgIpc) is 2.69. The lowest BCUT2D eigenvalue weighted by Gasteiger charge is -2.51. The second-order valence-electron chi connectivity index (χ2n) is 6.21. The fourth-order valence-electron chi connectivity index (χ4n) is 2.88. The first-order chi connectivity index (χ1) is 13.3. The van der Waals surface area contributed by atoms with E-state index in [0.717, 1.165) is 0 Å². The number of nitrogens with two attached hydrogens (primary N) is 1. The van der Waals surface area contributed by atoms with Crippen LogP contribution in [0, 0.1) is 10.1 Å². The summed E-state index contributed by atoms with van der Waals surface area (Å²) in [5, 5.41) is 10.3. The number of esters is 2. The molecular formula is C17H17N3O7S. The van der Waals surface area contributed by atoms with E-state index in [4.69, 9.17) is 15.2 Å². The van der Waals surface area contributed by atoms with Crippen molar-refractivity contribution in [2.75, 3.05) is 5.75 Å². The molecule has 0 aliphatic carbocycles. The lowest BCUT2D eigenvalue weighted by Crippen LogP contribution is -2.73. The Morgan fingerprint density at radius 1 is 1.39 bits per heavy atom. The fourth-order valence-corrected chi connectivity index (χ4v) is 4.18. The van der Waals surface area contributed by atoms with E-state index in [9.17, 15) is 24.5 Å². The number of amides is 1. The van der Waals surface area contributed by atoms with Gasteiger partial charge in [0.15, 0.2) is 6.04 Å². The van der Waals surface area contributed by atoms with Gasteiger partial charge in [-0.3, -0.25) is 19.7 Å². The number of nitro groups is 1. The number of carbonyl (C=O) groups is 3. The maximum atomic E-state index is 12.7. The highest BCUT2D eigenvalue weighted by Crippen LogP contribution is 2.40. The molecule has 2 N–H and O–H groups in total. The number of carbonyl (C=O) groups excluding carboxylic acids is 3. The molecule has 2 unspecified atom stereocenters. The fraction of sp³-hybridized carbons (Fsp3) is 0.353. The van der Waals surface area contributed by atoms with Gasteiger partial charge in [-0.2, -0.15) is 0 Å². The van der Waals surface area contributed by atoms with Crippen LogP contribution in [0.1, 0.15) is 12.5 Å². The van der Waals surface area contributed by atoms with Gasteiger partial charge in [-0.1, -0.05) is 0 Å². The van der Waals surface area contributed by atoms with Crippen molar-refractivity contribution < 1.29 is 28.8 Å². The van der Waals surface area contributed by atoms with Gasteiger partial charge < -0.3 is 20.1 Å². The number of benzene rings is 1. The molecule has 0 spiro atoms. The Morgan fingerprint density at radius 2 is 2.07 bits per heavy atom. The van der Waals surface area contributed by atoms with Gasteiger partial charge in [0.05, 0.1) is 11.2 Å². The molecule has 1 amide bonds. The third-order valence-corrected chi connectivity index (χ3v) is 5.66. The minimum atomic E-state index is -1.03. The van der Waals surface area contributed by atoms with Gasteiger partial charge in [0.1, 0.15) is 18.0 Å². The van der Waals surface area contributed by atoms with Crippen molar-refractivity contribution in [3.8, 4) is 0 Å². The average molecular weight is 407 g/mol. The van der Waals surface area contributed by atoms with Gasteiger partial charge in [0.25, 0.3) is 5.69 Å². The van der Waals surface area contributed by atoms with E-state index in [-0.39, 0.29) is 23.6 Å². The molecule has 148 valence electrons. The van der Waals surface area contributed by atoms with Crippen LogP contribution in [0.5, 0.6) is 0 Å². The second-order valence-corrected chi connectivity index (χ2v) is 7.31. The molecule has 0 bridgehead atoms. The number of fused-ring (bicyclic) bond motifs is 1. The van der Waals surface area contributed by atoms with Crippen LogP contribution in [0.4, 0.5) is 5.69 Å². The van der Waals surface area contributed by atoms with Crippen LogP contribution in [0.3, 0.4) is 0 Å². The molecule has 0 radical (unpaired) electrons. The number of hydrogen-bond donors (Lipinski definition) is 1. The molecular weight excluding hydrogens is 390 g/mol. The number of thioether (sulfide) groups is 1. The Bertz CT molecular complexity index is 855. The topological polar surface area (TPSA) is 142 Å². The van der Waals surface area contributed by atoms with Crippen molar-refractivity contribution in [3.63, 3.8) is 0 Å². The first-order valence-corrected chi connectivity index (χ1v) is 9.30. The molecule has 2 aliphatic heterocycles. The maximum absolute atomic E-state index is 12.7. The highest BCUT2D eigenvalue weighted by atomic mass is 32.2. The van der Waals surface area contributed by atoms with Gasteiger partial charge in [-0.05, 0) is 17.7 Å². The number of nitrogens with zero attached hydrogens (tertiary/aromatic N) is 2. The van der Waals surface area contributed by atoms with Crippen LogP contribution in [0.25, 0.3) is 0 Å². The normalized spacial score (nSPS) is 24.9. The molecule has 10 nitrogen and oxygen atoms in total. The summed E-state index contributed by atoms with van der Waals surface area (Å²) in [6.45, 7) is 1.10. The zero-order valence-electron chi connectivity index (χ0n) is 14.8. The Kier molecular flexibility index (Phi) is 5.66. The van der Waals surface area contributed by atoms with Crippen LogP contribution < -0.4 is 5.73 Å². The van der Waals surface area contributed by atoms with Gasteiger partial charge in [0.2, 0.25) is 5.91 Å².